The van der Waals surface area contributed by atoms with E-state index in [1.807, 2.05) is 71.9 Å². The van der Waals surface area contributed by atoms with E-state index in [-0.39, 0.29) is 32.0 Å². The lowest BCUT2D eigenvalue weighted by Crippen LogP contribution is -2.60. The molecule has 59 heavy (non-hydrogen) atoms. The van der Waals surface area contributed by atoms with Crippen LogP contribution in [0.1, 0.15) is 128 Å². The minimum absolute atomic E-state index is 0.0284. The Kier molecular flexibility index (Phi) is 28.6. The summed E-state index contributed by atoms with van der Waals surface area (Å²) in [5.74, 6) is -4.21. The summed E-state index contributed by atoms with van der Waals surface area (Å²) in [6.45, 7) is 26.8. The summed E-state index contributed by atoms with van der Waals surface area (Å²) in [4.78, 5) is 79.4. The van der Waals surface area contributed by atoms with E-state index in [1.54, 1.807) is 20.8 Å². The number of rotatable bonds is 14. The number of ketones is 1. The van der Waals surface area contributed by atoms with Crippen LogP contribution in [-0.2, 0) is 28.7 Å². The fraction of sp³-hybridized carbons (Fsp3) is 0.682. The molecule has 5 amide bonds. The number of hydrogen-bond acceptors (Lipinski definition) is 7. The second kappa shape index (κ2) is 29.7. The van der Waals surface area contributed by atoms with Crippen LogP contribution in [0.25, 0.3) is 0 Å². The molecule has 4 N–H and O–H groups in total. The van der Waals surface area contributed by atoms with E-state index in [9.17, 15) is 41.9 Å². The number of nitrogens with zero attached hydrogens (tertiary/aromatic N) is 1. The quantitative estimate of drug-likeness (QED) is 0.0785. The first kappa shape index (κ1) is 56.7. The number of alkyl halides is 3. The highest BCUT2D eigenvalue weighted by atomic mass is 19.4. The molecule has 1 heterocycles. The standard InChI is InChI=1S/C33H49N5O7.C4H5F3.C3H8.2C2H6/c1-8-14-24(26(39)29(41)34-17-9-2)36-28(40)25-18-21(3)19-38(25)30(42)27(33(5,6)7)37-32(44)35-22(4)31(43)45-20-23-15-12-10-11-13-16-23;5-4(6,7)3-1-2-3;1-3-2;2*1-2/h9-12,15-16,21-22,24-25,27H,2,8,13-14,17-20H2,1,3-7H3,(H,34,41)(H,36,40)(H2,35,37,44);3H,1-2H2;3H2,1-2H3;2*1-2H3. The molecular weight excluding hydrogens is 768 g/mol. The van der Waals surface area contributed by atoms with Crippen molar-refractivity contribution in [3.63, 3.8) is 0 Å². The Morgan fingerprint density at radius 2 is 1.56 bits per heavy atom. The molecule has 1 aliphatic heterocycles. The fourth-order valence-corrected chi connectivity index (χ4v) is 5.44. The summed E-state index contributed by atoms with van der Waals surface area (Å²) in [5, 5.41) is 10.4. The summed E-state index contributed by atoms with van der Waals surface area (Å²) >= 11 is 0. The van der Waals surface area contributed by atoms with Gasteiger partial charge in [-0.2, -0.15) is 13.2 Å². The molecule has 5 atom stereocenters. The minimum Gasteiger partial charge on any atom is -0.459 e. The van der Waals surface area contributed by atoms with Crippen molar-refractivity contribution < 1.29 is 46.7 Å². The van der Waals surface area contributed by atoms with E-state index in [2.05, 4.69) is 41.7 Å². The van der Waals surface area contributed by atoms with E-state index in [0.29, 0.717) is 25.7 Å². The van der Waals surface area contributed by atoms with E-state index >= 15 is 0 Å². The van der Waals surface area contributed by atoms with Gasteiger partial charge in [-0.05, 0) is 55.9 Å². The number of Topliss-reactive ketones (excluding diaryl/α,β-unsaturated/α-hetero) is 1. The topological polar surface area (TPSA) is 163 Å². The van der Waals surface area contributed by atoms with Crippen molar-refractivity contribution in [2.75, 3.05) is 19.7 Å². The van der Waals surface area contributed by atoms with Gasteiger partial charge in [0.2, 0.25) is 17.6 Å². The molecule has 1 saturated heterocycles. The monoisotopic (exact) mass is 842 g/mol. The van der Waals surface area contributed by atoms with E-state index in [1.165, 1.54) is 24.3 Å². The molecule has 3 aliphatic rings. The number of hydrogen-bond donors (Lipinski definition) is 4. The Balaban J connectivity index is 0. The number of carbonyl (C=O) groups excluding carboxylic acids is 6. The number of allylic oxidation sites excluding steroid dienone is 4. The number of urea groups is 1. The van der Waals surface area contributed by atoms with Crippen LogP contribution in [-0.4, -0.2) is 90.4 Å². The fourth-order valence-electron chi connectivity index (χ4n) is 5.44. The summed E-state index contributed by atoms with van der Waals surface area (Å²) in [6, 6.07) is -4.72. The third-order valence-corrected chi connectivity index (χ3v) is 8.52. The first-order valence-corrected chi connectivity index (χ1v) is 21.1. The zero-order chi connectivity index (χ0) is 45.9. The highest BCUT2D eigenvalue weighted by molar-refractivity contribution is 6.38. The molecule has 1 saturated carbocycles. The molecule has 0 spiro atoms. The van der Waals surface area contributed by atoms with Crippen LogP contribution >= 0.6 is 0 Å². The average Bonchev–Trinajstić information content (AvgIpc) is 4.02. The third kappa shape index (κ3) is 22.5. The van der Waals surface area contributed by atoms with Crippen LogP contribution in [0.2, 0.25) is 0 Å². The largest absolute Gasteiger partial charge is 0.459 e. The average molecular weight is 842 g/mol. The summed E-state index contributed by atoms with van der Waals surface area (Å²) in [5.41, 5.74) is 0.0737. The number of ether oxygens (including phenoxy) is 1. The number of nitrogens with one attached hydrogen (secondary N) is 4. The van der Waals surface area contributed by atoms with Crippen LogP contribution in [0.4, 0.5) is 18.0 Å². The molecule has 0 radical (unpaired) electrons. The van der Waals surface area contributed by atoms with Gasteiger partial charge < -0.3 is 30.9 Å². The van der Waals surface area contributed by atoms with Gasteiger partial charge in [0.05, 0.1) is 12.0 Å². The lowest BCUT2D eigenvalue weighted by atomic mass is 9.85. The highest BCUT2D eigenvalue weighted by Crippen LogP contribution is 2.43. The molecular formula is C44H74F3N5O7. The maximum absolute atomic E-state index is 13.9. The first-order valence-electron chi connectivity index (χ1n) is 21.1. The van der Waals surface area contributed by atoms with Gasteiger partial charge in [-0.3, -0.25) is 19.2 Å². The van der Waals surface area contributed by atoms with E-state index in [0.717, 1.165) is 12.0 Å². The molecule has 0 aromatic carbocycles. The van der Waals surface area contributed by atoms with Crippen molar-refractivity contribution in [3.8, 4) is 0 Å². The maximum Gasteiger partial charge on any atom is 0.391 e. The van der Waals surface area contributed by atoms with Crippen LogP contribution in [0.5, 0.6) is 0 Å². The smallest absolute Gasteiger partial charge is 0.391 e. The molecule has 3 rings (SSSR count). The number of carbonyl (C=O) groups is 6. The second-order valence-electron chi connectivity index (χ2n) is 15.1. The molecule has 338 valence electrons. The Hall–Kier alpha value is -4.43. The van der Waals surface area contributed by atoms with Crippen molar-refractivity contribution in [1.29, 1.82) is 0 Å². The van der Waals surface area contributed by atoms with Crippen LogP contribution < -0.4 is 21.3 Å². The number of halogens is 3. The van der Waals surface area contributed by atoms with Crippen molar-refractivity contribution in [2.24, 2.45) is 17.3 Å². The van der Waals surface area contributed by atoms with Gasteiger partial charge in [0, 0.05) is 13.1 Å². The Bertz CT molecular complexity index is 1420. The lowest BCUT2D eigenvalue weighted by molar-refractivity contribution is -0.147. The maximum atomic E-state index is 13.9. The second-order valence-corrected chi connectivity index (χ2v) is 15.1. The van der Waals surface area contributed by atoms with Crippen molar-refractivity contribution in [2.45, 2.75) is 158 Å². The number of esters is 1. The van der Waals surface area contributed by atoms with Crippen LogP contribution in [0.15, 0.2) is 48.6 Å². The highest BCUT2D eigenvalue weighted by Gasteiger charge is 2.47. The van der Waals surface area contributed by atoms with Gasteiger partial charge in [-0.1, -0.05) is 125 Å². The Morgan fingerprint density at radius 1 is 0.966 bits per heavy atom. The molecule has 0 aromatic rings. The first-order chi connectivity index (χ1) is 27.7. The lowest BCUT2D eigenvalue weighted by Gasteiger charge is -2.35. The van der Waals surface area contributed by atoms with Crippen LogP contribution in [0.3, 0.4) is 0 Å². The van der Waals surface area contributed by atoms with Crippen molar-refractivity contribution >= 4 is 35.5 Å². The van der Waals surface area contributed by atoms with Gasteiger partial charge in [0.1, 0.15) is 24.7 Å². The van der Waals surface area contributed by atoms with Crippen molar-refractivity contribution in [1.82, 2.24) is 26.2 Å². The third-order valence-electron chi connectivity index (χ3n) is 8.52. The van der Waals surface area contributed by atoms with E-state index in [4.69, 9.17) is 4.74 Å². The number of likely N-dealkylation sites (tertiary alicyclic amines) is 1. The Labute approximate surface area is 351 Å². The molecule has 12 nitrogen and oxygen atoms in total. The summed E-state index contributed by atoms with van der Waals surface area (Å²) < 4.78 is 39.1. The Morgan fingerprint density at radius 3 is 2.05 bits per heavy atom. The summed E-state index contributed by atoms with van der Waals surface area (Å²) in [7, 11) is 0. The van der Waals surface area contributed by atoms with Crippen molar-refractivity contribution in [3.05, 3.63) is 48.6 Å². The van der Waals surface area contributed by atoms with Gasteiger partial charge in [-0.25, -0.2) is 9.59 Å². The van der Waals surface area contributed by atoms with E-state index < -0.39 is 77.2 Å². The molecule has 2 aliphatic carbocycles. The van der Waals surface area contributed by atoms with Gasteiger partial charge in [0.15, 0.2) is 0 Å². The summed E-state index contributed by atoms with van der Waals surface area (Å²) in [6.07, 6.45) is 10.9. The molecule has 0 bridgehead atoms. The normalized spacial score (nSPS) is 18.2. The van der Waals surface area contributed by atoms with Gasteiger partial charge in [0.25, 0.3) is 5.91 Å². The molecule has 0 aromatic heterocycles. The predicted octanol–water partition coefficient (Wildman–Crippen LogP) is 7.90. The molecule has 15 heteroatoms. The SMILES string of the molecule is C=CCNC(=O)C(=O)C(CCC)NC(=O)C1CC(C)CN1C(=O)C(NC(=O)NC(C)C(=O)OCC1=CCC=CC=C1)C(C)(C)C.CC.CC.CCC.FC(F)(F)C1CC1. The van der Waals surface area contributed by atoms with Crippen LogP contribution in [0, 0.1) is 17.3 Å². The molecule has 5 unspecified atom stereocenters. The predicted molar refractivity (Wildman–Crippen MR) is 228 cm³/mol. The minimum atomic E-state index is -3.89. The zero-order valence-electron chi connectivity index (χ0n) is 37.6. The molecule has 2 fully saturated rings. The zero-order valence-corrected chi connectivity index (χ0v) is 37.6. The van der Waals surface area contributed by atoms with Gasteiger partial charge >= 0.3 is 18.2 Å². The number of amides is 5. The van der Waals surface area contributed by atoms with Gasteiger partial charge in [-0.15, -0.1) is 6.58 Å².